The summed E-state index contributed by atoms with van der Waals surface area (Å²) in [6.45, 7) is 13.4. The highest BCUT2D eigenvalue weighted by Crippen LogP contribution is 2.16. The summed E-state index contributed by atoms with van der Waals surface area (Å²) in [6.07, 6.45) is 1.15. The van der Waals surface area contributed by atoms with Gasteiger partial charge in [0.2, 0.25) is 0 Å². The third-order valence-corrected chi connectivity index (χ3v) is 4.14. The fourth-order valence-electron chi connectivity index (χ4n) is 1.98. The smallest absolute Gasteiger partial charge is 0.0107 e. The van der Waals surface area contributed by atoms with Crippen LogP contribution in [0, 0.1) is 6.92 Å². The second-order valence-corrected chi connectivity index (χ2v) is 5.97. The number of hydrogen-bond donors (Lipinski definition) is 1. The first-order chi connectivity index (χ1) is 8.15. The Kier molecular flexibility index (Phi) is 6.78. The first kappa shape index (κ1) is 14.7. The number of nitrogens with zero attached hydrogens (tertiary/aromatic N) is 1. The maximum absolute atomic E-state index is 3.60. The van der Waals surface area contributed by atoms with Gasteiger partial charge in [0, 0.05) is 28.9 Å². The molecule has 98 valence electrons. The minimum atomic E-state index is 0.573. The Hall–Kier alpha value is -0.380. The van der Waals surface area contributed by atoms with Crippen LogP contribution >= 0.6 is 11.3 Å². The molecule has 0 aliphatic rings. The van der Waals surface area contributed by atoms with E-state index in [1.165, 1.54) is 9.75 Å². The van der Waals surface area contributed by atoms with E-state index in [-0.39, 0.29) is 0 Å². The maximum atomic E-state index is 3.60. The maximum Gasteiger partial charge on any atom is 0.0107 e. The fraction of sp³-hybridized carbons (Fsp3) is 0.714. The van der Waals surface area contributed by atoms with Crippen molar-refractivity contribution in [3.05, 3.63) is 21.9 Å². The van der Waals surface area contributed by atoms with Gasteiger partial charge >= 0.3 is 0 Å². The van der Waals surface area contributed by atoms with E-state index in [1.807, 2.05) is 11.3 Å². The van der Waals surface area contributed by atoms with Crippen molar-refractivity contribution in [3.63, 3.8) is 0 Å². The molecule has 17 heavy (non-hydrogen) atoms. The number of aryl methyl sites for hydroxylation is 1. The summed E-state index contributed by atoms with van der Waals surface area (Å²) in [6, 6.07) is 5.04. The lowest BCUT2D eigenvalue weighted by Crippen LogP contribution is -2.36. The summed E-state index contributed by atoms with van der Waals surface area (Å²) >= 11 is 1.91. The minimum absolute atomic E-state index is 0.573. The molecule has 1 atom stereocenters. The zero-order valence-corrected chi connectivity index (χ0v) is 12.4. The first-order valence-electron chi connectivity index (χ1n) is 6.66. The van der Waals surface area contributed by atoms with Crippen LogP contribution in [0.1, 0.15) is 30.5 Å². The molecule has 1 aromatic heterocycles. The van der Waals surface area contributed by atoms with Crippen LogP contribution in [0.4, 0.5) is 0 Å². The Morgan fingerprint density at radius 3 is 2.53 bits per heavy atom. The molecule has 1 N–H and O–H groups in total. The van der Waals surface area contributed by atoms with Gasteiger partial charge in [-0.3, -0.25) is 0 Å². The Morgan fingerprint density at radius 2 is 2.00 bits per heavy atom. The number of rotatable bonds is 8. The van der Waals surface area contributed by atoms with Gasteiger partial charge < -0.3 is 10.2 Å². The van der Waals surface area contributed by atoms with Crippen molar-refractivity contribution in [2.24, 2.45) is 0 Å². The summed E-state index contributed by atoms with van der Waals surface area (Å²) < 4.78 is 0. The zero-order chi connectivity index (χ0) is 12.7. The van der Waals surface area contributed by atoms with Crippen LogP contribution < -0.4 is 5.32 Å². The van der Waals surface area contributed by atoms with Crippen molar-refractivity contribution >= 4 is 11.3 Å². The molecule has 0 bridgehead atoms. The Bertz CT molecular complexity index is 305. The van der Waals surface area contributed by atoms with Crippen molar-refractivity contribution in [2.75, 3.05) is 26.2 Å². The van der Waals surface area contributed by atoms with Crippen LogP contribution in [0.5, 0.6) is 0 Å². The molecule has 0 aliphatic heterocycles. The van der Waals surface area contributed by atoms with Crippen LogP contribution in [-0.2, 0) is 6.42 Å². The molecule has 1 rings (SSSR count). The molecule has 1 unspecified atom stereocenters. The molecule has 1 heterocycles. The molecule has 3 heteroatoms. The topological polar surface area (TPSA) is 15.3 Å². The van der Waals surface area contributed by atoms with E-state index >= 15 is 0 Å². The van der Waals surface area contributed by atoms with Crippen LogP contribution in [0.25, 0.3) is 0 Å². The van der Waals surface area contributed by atoms with Gasteiger partial charge in [-0.25, -0.2) is 0 Å². The summed E-state index contributed by atoms with van der Waals surface area (Å²) in [5.74, 6) is 0. The number of likely N-dealkylation sites (N-methyl/N-ethyl adjacent to an activating group) is 1. The van der Waals surface area contributed by atoms with Crippen LogP contribution in [-0.4, -0.2) is 37.1 Å². The molecule has 0 spiro atoms. The molecule has 0 aliphatic carbocycles. The third-order valence-electron chi connectivity index (χ3n) is 3.12. The minimum Gasteiger partial charge on any atom is -0.313 e. The summed E-state index contributed by atoms with van der Waals surface area (Å²) in [4.78, 5) is 5.36. The van der Waals surface area contributed by atoms with Gasteiger partial charge in [0.05, 0.1) is 0 Å². The van der Waals surface area contributed by atoms with Crippen LogP contribution in [0.15, 0.2) is 12.1 Å². The normalized spacial score (nSPS) is 13.2. The largest absolute Gasteiger partial charge is 0.313 e. The molecule has 0 saturated carbocycles. The van der Waals surface area contributed by atoms with E-state index in [0.717, 1.165) is 32.6 Å². The molecule has 0 aromatic carbocycles. The third kappa shape index (κ3) is 5.66. The highest BCUT2D eigenvalue weighted by atomic mass is 32.1. The van der Waals surface area contributed by atoms with Crippen molar-refractivity contribution in [2.45, 2.75) is 40.2 Å². The second-order valence-electron chi connectivity index (χ2n) is 4.60. The molecule has 0 amide bonds. The summed E-state index contributed by atoms with van der Waals surface area (Å²) in [5.41, 5.74) is 0. The number of nitrogens with one attached hydrogen (secondary N) is 1. The average Bonchev–Trinajstić information content (AvgIpc) is 2.70. The Balaban J connectivity index is 2.19. The van der Waals surface area contributed by atoms with Crippen molar-refractivity contribution in [3.8, 4) is 0 Å². The highest BCUT2D eigenvalue weighted by Gasteiger charge is 2.05. The van der Waals surface area contributed by atoms with Gasteiger partial charge in [-0.2, -0.15) is 0 Å². The lowest BCUT2D eigenvalue weighted by atomic mass is 10.2. The van der Waals surface area contributed by atoms with Crippen molar-refractivity contribution < 1.29 is 0 Å². The van der Waals surface area contributed by atoms with Crippen LogP contribution in [0.3, 0.4) is 0 Å². The molecule has 0 fully saturated rings. The van der Waals surface area contributed by atoms with Crippen molar-refractivity contribution in [1.82, 2.24) is 10.2 Å². The van der Waals surface area contributed by atoms with E-state index in [4.69, 9.17) is 0 Å². The zero-order valence-electron chi connectivity index (χ0n) is 11.6. The molecular weight excluding hydrogens is 228 g/mol. The quantitative estimate of drug-likeness (QED) is 0.767. The summed E-state index contributed by atoms with van der Waals surface area (Å²) in [7, 11) is 0. The molecule has 1 aromatic rings. The van der Waals surface area contributed by atoms with Gasteiger partial charge in [-0.05, 0) is 45.5 Å². The average molecular weight is 254 g/mol. The molecular formula is C14H26N2S. The van der Waals surface area contributed by atoms with Gasteiger partial charge in [-0.15, -0.1) is 11.3 Å². The number of hydrogen-bond acceptors (Lipinski definition) is 3. The van der Waals surface area contributed by atoms with Gasteiger partial charge in [-0.1, -0.05) is 13.8 Å². The predicted octanol–water partition coefficient (Wildman–Crippen LogP) is 2.92. The Morgan fingerprint density at radius 1 is 1.29 bits per heavy atom. The van der Waals surface area contributed by atoms with E-state index in [0.29, 0.717) is 6.04 Å². The molecule has 0 radical (unpaired) electrons. The van der Waals surface area contributed by atoms with E-state index in [2.05, 4.69) is 50.0 Å². The second kappa shape index (κ2) is 7.85. The fourth-order valence-corrected chi connectivity index (χ4v) is 3.00. The molecule has 0 saturated heterocycles. The van der Waals surface area contributed by atoms with Gasteiger partial charge in [0.1, 0.15) is 0 Å². The highest BCUT2D eigenvalue weighted by molar-refractivity contribution is 7.11. The van der Waals surface area contributed by atoms with Gasteiger partial charge in [0.25, 0.3) is 0 Å². The molecule has 2 nitrogen and oxygen atoms in total. The lowest BCUT2D eigenvalue weighted by molar-refractivity contribution is 0.297. The first-order valence-corrected chi connectivity index (χ1v) is 7.48. The van der Waals surface area contributed by atoms with E-state index < -0.39 is 0 Å². The Labute approximate surface area is 110 Å². The SMILES string of the molecule is CCN(CC)CCNC(C)Cc1ccc(C)s1. The van der Waals surface area contributed by atoms with E-state index in [9.17, 15) is 0 Å². The van der Waals surface area contributed by atoms with Crippen molar-refractivity contribution in [1.29, 1.82) is 0 Å². The van der Waals surface area contributed by atoms with Gasteiger partial charge in [0.15, 0.2) is 0 Å². The van der Waals surface area contributed by atoms with Crippen LogP contribution in [0.2, 0.25) is 0 Å². The monoisotopic (exact) mass is 254 g/mol. The summed E-state index contributed by atoms with van der Waals surface area (Å²) in [5, 5.41) is 3.60. The standard InChI is InChI=1S/C14H26N2S/c1-5-16(6-2)10-9-15-12(3)11-14-8-7-13(4)17-14/h7-8,12,15H,5-6,9-11H2,1-4H3. The van der Waals surface area contributed by atoms with E-state index in [1.54, 1.807) is 0 Å². The predicted molar refractivity (Wildman–Crippen MR) is 78.0 cm³/mol. The number of thiophene rings is 1. The lowest BCUT2D eigenvalue weighted by Gasteiger charge is -2.20.